The highest BCUT2D eigenvalue weighted by Crippen LogP contribution is 2.32. The smallest absolute Gasteiger partial charge is 0.144 e. The Kier molecular flexibility index (Phi) is 3.90. The van der Waals surface area contributed by atoms with Crippen molar-refractivity contribution in [3.63, 3.8) is 0 Å². The molecule has 2 aromatic heterocycles. The molecular formula is C18H22N6. The lowest BCUT2D eigenvalue weighted by Crippen LogP contribution is -2.25. The molecule has 6 heteroatoms. The molecule has 6 nitrogen and oxygen atoms in total. The molecule has 1 aliphatic heterocycles. The standard InChI is InChI=1S/C18H22N6/c1-19-17-11-20-10-14(21-17)16-8-5-9-24(16)12-18-22-13-6-3-4-7-15(13)23(18)2/h3-4,6-7,10-11,16H,5,8-9,12H2,1-2H3,(H,19,21)/t16-/m1/s1. The van der Waals surface area contributed by atoms with E-state index in [1.807, 2.05) is 19.3 Å². The monoisotopic (exact) mass is 322 g/mol. The number of para-hydroxylation sites is 2. The van der Waals surface area contributed by atoms with E-state index >= 15 is 0 Å². The minimum atomic E-state index is 0.311. The van der Waals surface area contributed by atoms with Crippen molar-refractivity contribution >= 4 is 16.9 Å². The second-order valence-electron chi connectivity index (χ2n) is 6.28. The predicted octanol–water partition coefficient (Wildman–Crippen LogP) is 2.74. The lowest BCUT2D eigenvalue weighted by atomic mass is 10.1. The summed E-state index contributed by atoms with van der Waals surface area (Å²) >= 11 is 0. The van der Waals surface area contributed by atoms with E-state index in [1.165, 1.54) is 11.9 Å². The highest BCUT2D eigenvalue weighted by molar-refractivity contribution is 5.75. The number of nitrogens with one attached hydrogen (secondary N) is 1. The molecule has 0 radical (unpaired) electrons. The fourth-order valence-electron chi connectivity index (χ4n) is 3.53. The van der Waals surface area contributed by atoms with Gasteiger partial charge in [-0.15, -0.1) is 0 Å². The molecule has 1 saturated heterocycles. The van der Waals surface area contributed by atoms with Crippen molar-refractivity contribution < 1.29 is 0 Å². The third kappa shape index (κ3) is 2.63. The molecule has 0 unspecified atom stereocenters. The lowest BCUT2D eigenvalue weighted by molar-refractivity contribution is 0.236. The summed E-state index contributed by atoms with van der Waals surface area (Å²) in [6.45, 7) is 1.90. The number of rotatable bonds is 4. The molecule has 0 spiro atoms. The first-order chi connectivity index (χ1) is 11.8. The Morgan fingerprint density at radius 1 is 1.21 bits per heavy atom. The van der Waals surface area contributed by atoms with Crippen molar-refractivity contribution in [1.82, 2.24) is 24.4 Å². The Morgan fingerprint density at radius 2 is 2.08 bits per heavy atom. The fraction of sp³-hybridized carbons (Fsp3) is 0.389. The van der Waals surface area contributed by atoms with Gasteiger partial charge in [0.15, 0.2) is 0 Å². The van der Waals surface area contributed by atoms with Crippen LogP contribution < -0.4 is 5.32 Å². The number of fused-ring (bicyclic) bond motifs is 1. The Morgan fingerprint density at radius 3 is 2.92 bits per heavy atom. The molecule has 24 heavy (non-hydrogen) atoms. The SMILES string of the molecule is CNc1cncc([C@H]2CCCN2Cc2nc3ccccc3n2C)n1. The molecule has 0 amide bonds. The first kappa shape index (κ1) is 15.1. The Labute approximate surface area is 141 Å². The molecule has 3 heterocycles. The van der Waals surface area contributed by atoms with Crippen LogP contribution in [-0.4, -0.2) is 38.0 Å². The topological polar surface area (TPSA) is 58.9 Å². The first-order valence-electron chi connectivity index (χ1n) is 8.40. The van der Waals surface area contributed by atoms with Gasteiger partial charge < -0.3 is 9.88 Å². The molecule has 124 valence electrons. The van der Waals surface area contributed by atoms with Gasteiger partial charge in [0.05, 0.1) is 41.7 Å². The van der Waals surface area contributed by atoms with Gasteiger partial charge in [0.1, 0.15) is 11.6 Å². The van der Waals surface area contributed by atoms with Gasteiger partial charge in [0.25, 0.3) is 0 Å². The zero-order chi connectivity index (χ0) is 16.5. The quantitative estimate of drug-likeness (QED) is 0.800. The molecule has 1 fully saturated rings. The van der Waals surface area contributed by atoms with Crippen LogP contribution in [0, 0.1) is 0 Å². The Bertz CT molecular complexity index is 856. The summed E-state index contributed by atoms with van der Waals surface area (Å²) < 4.78 is 2.19. The number of aryl methyl sites for hydroxylation is 1. The van der Waals surface area contributed by atoms with Crippen LogP contribution in [0.1, 0.15) is 30.4 Å². The number of hydrogen-bond donors (Lipinski definition) is 1. The minimum absolute atomic E-state index is 0.311. The number of aromatic nitrogens is 4. The summed E-state index contributed by atoms with van der Waals surface area (Å²) in [7, 11) is 3.97. The van der Waals surface area contributed by atoms with E-state index in [4.69, 9.17) is 4.98 Å². The van der Waals surface area contributed by atoms with Crippen molar-refractivity contribution in [2.24, 2.45) is 7.05 Å². The molecular weight excluding hydrogens is 300 g/mol. The molecule has 1 aliphatic rings. The first-order valence-corrected chi connectivity index (χ1v) is 8.40. The van der Waals surface area contributed by atoms with Crippen LogP contribution in [0.3, 0.4) is 0 Å². The summed E-state index contributed by atoms with van der Waals surface area (Å²) in [4.78, 5) is 16.3. The van der Waals surface area contributed by atoms with Gasteiger partial charge in [-0.2, -0.15) is 0 Å². The van der Waals surface area contributed by atoms with Crippen molar-refractivity contribution in [2.75, 3.05) is 18.9 Å². The molecule has 1 atom stereocenters. The van der Waals surface area contributed by atoms with Crippen LogP contribution in [0.15, 0.2) is 36.7 Å². The molecule has 0 saturated carbocycles. The zero-order valence-corrected chi connectivity index (χ0v) is 14.1. The van der Waals surface area contributed by atoms with Gasteiger partial charge in [-0.3, -0.25) is 9.88 Å². The minimum Gasteiger partial charge on any atom is -0.372 e. The molecule has 1 N–H and O–H groups in total. The number of likely N-dealkylation sites (tertiary alicyclic amines) is 1. The molecule has 0 bridgehead atoms. The van der Waals surface area contributed by atoms with Crippen LogP contribution >= 0.6 is 0 Å². The fourth-order valence-corrected chi connectivity index (χ4v) is 3.53. The maximum Gasteiger partial charge on any atom is 0.144 e. The number of hydrogen-bond acceptors (Lipinski definition) is 5. The van der Waals surface area contributed by atoms with Crippen LogP contribution in [0.5, 0.6) is 0 Å². The maximum atomic E-state index is 4.81. The Balaban J connectivity index is 1.61. The molecule has 3 aromatic rings. The second-order valence-corrected chi connectivity index (χ2v) is 6.28. The van der Waals surface area contributed by atoms with Crippen molar-refractivity contribution in [3.05, 3.63) is 48.2 Å². The van der Waals surface area contributed by atoms with E-state index < -0.39 is 0 Å². The van der Waals surface area contributed by atoms with Gasteiger partial charge in [-0.1, -0.05) is 12.1 Å². The van der Waals surface area contributed by atoms with E-state index in [0.717, 1.165) is 42.4 Å². The van der Waals surface area contributed by atoms with Gasteiger partial charge >= 0.3 is 0 Å². The van der Waals surface area contributed by atoms with Crippen molar-refractivity contribution in [1.29, 1.82) is 0 Å². The van der Waals surface area contributed by atoms with Gasteiger partial charge in [0.2, 0.25) is 0 Å². The van der Waals surface area contributed by atoms with Gasteiger partial charge in [-0.25, -0.2) is 9.97 Å². The van der Waals surface area contributed by atoms with Crippen LogP contribution in [0.4, 0.5) is 5.82 Å². The van der Waals surface area contributed by atoms with Gasteiger partial charge in [-0.05, 0) is 31.5 Å². The normalized spacial score (nSPS) is 18.3. The molecule has 0 aliphatic carbocycles. The number of anilines is 1. The third-order valence-corrected chi connectivity index (χ3v) is 4.84. The second kappa shape index (κ2) is 6.20. The van der Waals surface area contributed by atoms with E-state index in [0.29, 0.717) is 6.04 Å². The molecule has 4 rings (SSSR count). The van der Waals surface area contributed by atoms with Crippen LogP contribution in [-0.2, 0) is 13.6 Å². The van der Waals surface area contributed by atoms with Crippen LogP contribution in [0.2, 0.25) is 0 Å². The number of nitrogens with zero attached hydrogens (tertiary/aromatic N) is 5. The maximum absolute atomic E-state index is 4.81. The van der Waals surface area contributed by atoms with Crippen LogP contribution in [0.25, 0.3) is 11.0 Å². The summed E-state index contributed by atoms with van der Waals surface area (Å²) in [6, 6.07) is 8.60. The summed E-state index contributed by atoms with van der Waals surface area (Å²) in [5, 5.41) is 3.07. The number of imidazole rings is 1. The average Bonchev–Trinajstić information content (AvgIpc) is 3.21. The number of benzene rings is 1. The summed E-state index contributed by atoms with van der Waals surface area (Å²) in [5.74, 6) is 1.92. The van der Waals surface area contributed by atoms with E-state index in [1.54, 1.807) is 6.20 Å². The molecule has 1 aromatic carbocycles. The largest absolute Gasteiger partial charge is 0.372 e. The van der Waals surface area contributed by atoms with Gasteiger partial charge in [0, 0.05) is 14.1 Å². The third-order valence-electron chi connectivity index (χ3n) is 4.84. The summed E-state index contributed by atoms with van der Waals surface area (Å²) in [6.07, 6.45) is 5.94. The Hall–Kier alpha value is -2.47. The van der Waals surface area contributed by atoms with Crippen molar-refractivity contribution in [3.8, 4) is 0 Å². The average molecular weight is 322 g/mol. The highest BCUT2D eigenvalue weighted by atomic mass is 15.2. The highest BCUT2D eigenvalue weighted by Gasteiger charge is 2.28. The van der Waals surface area contributed by atoms with E-state index in [2.05, 4.69) is 50.0 Å². The van der Waals surface area contributed by atoms with Crippen molar-refractivity contribution in [2.45, 2.75) is 25.4 Å². The van der Waals surface area contributed by atoms with E-state index in [9.17, 15) is 0 Å². The van der Waals surface area contributed by atoms with E-state index in [-0.39, 0.29) is 0 Å². The zero-order valence-electron chi connectivity index (χ0n) is 14.1. The predicted molar refractivity (Wildman–Crippen MR) is 94.7 cm³/mol. The summed E-state index contributed by atoms with van der Waals surface area (Å²) in [5.41, 5.74) is 3.28. The lowest BCUT2D eigenvalue weighted by Gasteiger charge is -2.23.